The summed E-state index contributed by atoms with van der Waals surface area (Å²) in [4.78, 5) is 4.15. The van der Waals surface area contributed by atoms with Crippen molar-refractivity contribution in [3.63, 3.8) is 0 Å². The van der Waals surface area contributed by atoms with Gasteiger partial charge in [0.05, 0.1) is 16.9 Å². The van der Waals surface area contributed by atoms with E-state index in [0.29, 0.717) is 16.5 Å². The molecule has 0 fully saturated rings. The molecule has 3 nitrogen and oxygen atoms in total. The minimum atomic E-state index is 0.517. The number of nitrogens with two attached hydrogens (primary N) is 1. The zero-order valence-corrected chi connectivity index (χ0v) is 9.62. The smallest absolute Gasteiger partial charge is 0.149 e. The number of aryl methyl sites for hydroxylation is 1. The molecular weight excluding hydrogens is 222 g/mol. The summed E-state index contributed by atoms with van der Waals surface area (Å²) in [5.41, 5.74) is 8.26. The molecule has 0 radical (unpaired) electrons. The molecule has 16 heavy (non-hydrogen) atoms. The van der Waals surface area contributed by atoms with Crippen LogP contribution in [-0.4, -0.2) is 4.98 Å². The van der Waals surface area contributed by atoms with Crippen molar-refractivity contribution in [2.75, 3.05) is 11.1 Å². The number of hydrogen-bond acceptors (Lipinski definition) is 3. The summed E-state index contributed by atoms with van der Waals surface area (Å²) in [5, 5.41) is 3.69. The lowest BCUT2D eigenvalue weighted by atomic mass is 10.2. The Bertz CT molecular complexity index is 511. The second-order valence-corrected chi connectivity index (χ2v) is 3.95. The van der Waals surface area contributed by atoms with Crippen molar-refractivity contribution in [1.29, 1.82) is 0 Å². The Morgan fingerprint density at radius 2 is 2.06 bits per heavy atom. The van der Waals surface area contributed by atoms with E-state index in [1.54, 1.807) is 12.3 Å². The van der Waals surface area contributed by atoms with Crippen LogP contribution in [0.2, 0.25) is 5.02 Å². The fourth-order valence-corrected chi connectivity index (χ4v) is 1.61. The highest BCUT2D eigenvalue weighted by Gasteiger charge is 2.04. The van der Waals surface area contributed by atoms with Crippen LogP contribution in [0.25, 0.3) is 0 Å². The first-order chi connectivity index (χ1) is 7.66. The summed E-state index contributed by atoms with van der Waals surface area (Å²) in [6.45, 7) is 2.02. The van der Waals surface area contributed by atoms with E-state index in [1.165, 1.54) is 0 Å². The number of anilines is 3. The highest BCUT2D eigenvalue weighted by molar-refractivity contribution is 6.33. The van der Waals surface area contributed by atoms with Crippen LogP contribution in [0.1, 0.15) is 5.56 Å². The molecule has 1 aromatic heterocycles. The van der Waals surface area contributed by atoms with Gasteiger partial charge in [-0.2, -0.15) is 0 Å². The van der Waals surface area contributed by atoms with Crippen LogP contribution in [0.15, 0.2) is 36.5 Å². The van der Waals surface area contributed by atoms with E-state index in [2.05, 4.69) is 10.3 Å². The first-order valence-corrected chi connectivity index (χ1v) is 5.28. The van der Waals surface area contributed by atoms with Crippen LogP contribution < -0.4 is 11.1 Å². The molecule has 1 aromatic carbocycles. The number of rotatable bonds is 2. The van der Waals surface area contributed by atoms with Gasteiger partial charge >= 0.3 is 0 Å². The van der Waals surface area contributed by atoms with E-state index in [-0.39, 0.29) is 0 Å². The van der Waals surface area contributed by atoms with Gasteiger partial charge in [-0.3, -0.25) is 0 Å². The highest BCUT2D eigenvalue weighted by Crippen LogP contribution is 2.25. The maximum Gasteiger partial charge on any atom is 0.149 e. The highest BCUT2D eigenvalue weighted by atomic mass is 35.5. The van der Waals surface area contributed by atoms with Crippen LogP contribution in [0, 0.1) is 6.92 Å². The molecule has 0 spiro atoms. The first kappa shape index (κ1) is 10.8. The standard InChI is InChI=1S/C12H12ClN3/c1-8-4-2-3-5-11(8)16-12-10(13)6-9(14)7-15-12/h2-7H,14H2,1H3,(H,15,16). The maximum atomic E-state index is 6.03. The quantitative estimate of drug-likeness (QED) is 0.836. The van der Waals surface area contributed by atoms with Crippen LogP contribution in [0.3, 0.4) is 0 Å². The minimum absolute atomic E-state index is 0.517. The average molecular weight is 234 g/mol. The van der Waals surface area contributed by atoms with Gasteiger partial charge in [0.2, 0.25) is 0 Å². The van der Waals surface area contributed by atoms with E-state index in [9.17, 15) is 0 Å². The predicted octanol–water partition coefficient (Wildman–Crippen LogP) is 3.37. The number of hydrogen-bond donors (Lipinski definition) is 2. The minimum Gasteiger partial charge on any atom is -0.397 e. The van der Waals surface area contributed by atoms with E-state index in [0.717, 1.165) is 11.3 Å². The zero-order chi connectivity index (χ0) is 11.5. The third-order valence-electron chi connectivity index (χ3n) is 2.26. The van der Waals surface area contributed by atoms with Crippen LogP contribution in [0.4, 0.5) is 17.2 Å². The number of aromatic nitrogens is 1. The Balaban J connectivity index is 2.31. The fraction of sp³-hybridized carbons (Fsp3) is 0.0833. The molecule has 4 heteroatoms. The second-order valence-electron chi connectivity index (χ2n) is 3.54. The Morgan fingerprint density at radius 3 is 2.75 bits per heavy atom. The van der Waals surface area contributed by atoms with Gasteiger partial charge in [0.25, 0.3) is 0 Å². The molecule has 0 aliphatic rings. The van der Waals surface area contributed by atoms with Crippen LogP contribution in [0.5, 0.6) is 0 Å². The number of benzene rings is 1. The SMILES string of the molecule is Cc1ccccc1Nc1ncc(N)cc1Cl. The average Bonchev–Trinajstić information content (AvgIpc) is 2.25. The zero-order valence-electron chi connectivity index (χ0n) is 8.87. The van der Waals surface area contributed by atoms with Gasteiger partial charge in [0.15, 0.2) is 0 Å². The van der Waals surface area contributed by atoms with E-state index < -0.39 is 0 Å². The lowest BCUT2D eigenvalue weighted by Crippen LogP contribution is -1.97. The Morgan fingerprint density at radius 1 is 1.31 bits per heavy atom. The number of nitrogens with one attached hydrogen (secondary N) is 1. The predicted molar refractivity (Wildman–Crippen MR) is 68.1 cm³/mol. The maximum absolute atomic E-state index is 6.03. The topological polar surface area (TPSA) is 50.9 Å². The summed E-state index contributed by atoms with van der Waals surface area (Å²) in [5.74, 6) is 0.616. The van der Waals surface area contributed by atoms with Gasteiger partial charge in [-0.15, -0.1) is 0 Å². The molecule has 0 aliphatic carbocycles. The third kappa shape index (κ3) is 2.25. The number of para-hydroxylation sites is 1. The van der Waals surface area contributed by atoms with Gasteiger partial charge in [-0.25, -0.2) is 4.98 Å². The Kier molecular flexibility index (Phi) is 2.97. The summed E-state index contributed by atoms with van der Waals surface area (Å²) in [6, 6.07) is 9.62. The van der Waals surface area contributed by atoms with E-state index in [4.69, 9.17) is 17.3 Å². The Labute approximate surface area is 99.3 Å². The van der Waals surface area contributed by atoms with Crippen molar-refractivity contribution in [2.24, 2.45) is 0 Å². The molecule has 0 unspecified atom stereocenters. The monoisotopic (exact) mass is 233 g/mol. The molecule has 0 saturated carbocycles. The summed E-state index contributed by atoms with van der Waals surface area (Å²) in [6.07, 6.45) is 1.58. The van der Waals surface area contributed by atoms with Gasteiger partial charge in [0, 0.05) is 5.69 Å². The van der Waals surface area contributed by atoms with Crippen molar-refractivity contribution in [3.8, 4) is 0 Å². The van der Waals surface area contributed by atoms with Crippen molar-refractivity contribution in [1.82, 2.24) is 4.98 Å². The van der Waals surface area contributed by atoms with Crippen molar-refractivity contribution >= 4 is 28.8 Å². The molecule has 3 N–H and O–H groups in total. The molecule has 1 heterocycles. The van der Waals surface area contributed by atoms with Crippen molar-refractivity contribution < 1.29 is 0 Å². The van der Waals surface area contributed by atoms with E-state index >= 15 is 0 Å². The molecular formula is C12H12ClN3. The first-order valence-electron chi connectivity index (χ1n) is 4.90. The normalized spacial score (nSPS) is 10.1. The molecule has 0 aliphatic heterocycles. The lowest BCUT2D eigenvalue weighted by Gasteiger charge is -2.09. The molecule has 2 rings (SSSR count). The molecule has 0 bridgehead atoms. The number of halogens is 1. The molecule has 0 amide bonds. The molecule has 82 valence electrons. The fourth-order valence-electron chi connectivity index (χ4n) is 1.39. The van der Waals surface area contributed by atoms with Crippen molar-refractivity contribution in [2.45, 2.75) is 6.92 Å². The van der Waals surface area contributed by atoms with Crippen molar-refractivity contribution in [3.05, 3.63) is 47.1 Å². The van der Waals surface area contributed by atoms with Gasteiger partial charge in [0.1, 0.15) is 5.82 Å². The molecule has 0 atom stereocenters. The summed E-state index contributed by atoms with van der Waals surface area (Å²) >= 11 is 6.03. The number of nitrogens with zero attached hydrogens (tertiary/aromatic N) is 1. The van der Waals surface area contributed by atoms with Gasteiger partial charge in [-0.05, 0) is 24.6 Å². The van der Waals surface area contributed by atoms with Gasteiger partial charge in [-0.1, -0.05) is 29.8 Å². The number of nitrogen functional groups attached to an aromatic ring is 1. The molecule has 0 saturated heterocycles. The van der Waals surface area contributed by atoms with Gasteiger partial charge < -0.3 is 11.1 Å². The van der Waals surface area contributed by atoms with Crippen LogP contribution in [-0.2, 0) is 0 Å². The Hall–Kier alpha value is -1.74. The molecule has 2 aromatic rings. The lowest BCUT2D eigenvalue weighted by molar-refractivity contribution is 1.30. The third-order valence-corrected chi connectivity index (χ3v) is 2.55. The largest absolute Gasteiger partial charge is 0.397 e. The van der Waals surface area contributed by atoms with E-state index in [1.807, 2.05) is 31.2 Å². The van der Waals surface area contributed by atoms with Crippen LogP contribution >= 0.6 is 11.6 Å². The summed E-state index contributed by atoms with van der Waals surface area (Å²) < 4.78 is 0. The number of pyridine rings is 1. The second kappa shape index (κ2) is 4.41. The summed E-state index contributed by atoms with van der Waals surface area (Å²) in [7, 11) is 0.